The molecular weight excluding hydrogens is 254 g/mol. The second-order valence-electron chi connectivity index (χ2n) is 4.41. The molecular formula is C12H16BrNO. The smallest absolute Gasteiger partial charge is 0.0573 e. The predicted octanol–water partition coefficient (Wildman–Crippen LogP) is 2.41. The summed E-state index contributed by atoms with van der Waals surface area (Å²) in [4.78, 5) is 0. The molecule has 0 aliphatic carbocycles. The van der Waals surface area contributed by atoms with E-state index in [1.165, 1.54) is 5.56 Å². The zero-order valence-corrected chi connectivity index (χ0v) is 10.4. The normalized spacial score (nSPS) is 31.5. The molecule has 2 N–H and O–H groups in total. The largest absolute Gasteiger partial charge is 0.393 e. The van der Waals surface area contributed by atoms with Crippen molar-refractivity contribution in [3.63, 3.8) is 0 Å². The fourth-order valence-corrected chi connectivity index (χ4v) is 2.46. The van der Waals surface area contributed by atoms with Gasteiger partial charge in [0.1, 0.15) is 0 Å². The number of aliphatic hydroxyl groups excluding tert-OH is 1. The van der Waals surface area contributed by atoms with Gasteiger partial charge in [0.2, 0.25) is 0 Å². The van der Waals surface area contributed by atoms with Crippen molar-refractivity contribution >= 4 is 15.9 Å². The molecule has 0 aromatic heterocycles. The van der Waals surface area contributed by atoms with E-state index in [1.54, 1.807) is 0 Å². The summed E-state index contributed by atoms with van der Waals surface area (Å²) in [5.41, 5.74) is 1.16. The lowest BCUT2D eigenvalue weighted by Gasteiger charge is -2.38. The Balaban J connectivity index is 2.24. The molecule has 0 saturated carbocycles. The maximum absolute atomic E-state index is 9.71. The molecule has 1 saturated heterocycles. The molecule has 2 rings (SSSR count). The van der Waals surface area contributed by atoms with Crippen molar-refractivity contribution < 1.29 is 5.11 Å². The molecule has 3 heteroatoms. The summed E-state index contributed by atoms with van der Waals surface area (Å²) in [6.45, 7) is 3.03. The molecule has 15 heavy (non-hydrogen) atoms. The minimum atomic E-state index is -0.181. The van der Waals surface area contributed by atoms with Gasteiger partial charge in [0.25, 0.3) is 0 Å². The van der Waals surface area contributed by atoms with E-state index < -0.39 is 0 Å². The van der Waals surface area contributed by atoms with Gasteiger partial charge in [-0.3, -0.25) is 0 Å². The highest BCUT2D eigenvalue weighted by atomic mass is 79.9. The van der Waals surface area contributed by atoms with Crippen LogP contribution < -0.4 is 5.32 Å². The molecule has 0 radical (unpaired) electrons. The number of hydrogen-bond donors (Lipinski definition) is 2. The molecule has 1 aliphatic rings. The van der Waals surface area contributed by atoms with Gasteiger partial charge in [0.05, 0.1) is 6.10 Å². The Labute approximate surface area is 98.8 Å². The van der Waals surface area contributed by atoms with Gasteiger partial charge in [-0.25, -0.2) is 0 Å². The van der Waals surface area contributed by atoms with Crippen LogP contribution in [0.5, 0.6) is 0 Å². The second kappa shape index (κ2) is 4.24. The summed E-state index contributed by atoms with van der Waals surface area (Å²) in [5.74, 6) is 0. The van der Waals surface area contributed by atoms with E-state index in [9.17, 15) is 5.11 Å². The zero-order valence-electron chi connectivity index (χ0n) is 8.83. The first-order valence-electron chi connectivity index (χ1n) is 5.29. The highest BCUT2D eigenvalue weighted by Crippen LogP contribution is 2.30. The molecule has 0 amide bonds. The fraction of sp³-hybridized carbons (Fsp3) is 0.500. The molecule has 82 valence electrons. The third kappa shape index (κ3) is 2.41. The van der Waals surface area contributed by atoms with E-state index >= 15 is 0 Å². The summed E-state index contributed by atoms with van der Waals surface area (Å²) in [7, 11) is 0. The summed E-state index contributed by atoms with van der Waals surface area (Å²) in [6, 6.07) is 8.30. The maximum Gasteiger partial charge on any atom is 0.0573 e. The molecule has 1 fully saturated rings. The number of piperidine rings is 1. The molecule has 1 heterocycles. The quantitative estimate of drug-likeness (QED) is 0.821. The molecule has 2 unspecified atom stereocenters. The second-order valence-corrected chi connectivity index (χ2v) is 5.33. The van der Waals surface area contributed by atoms with Crippen LogP contribution in [0.25, 0.3) is 0 Å². The predicted molar refractivity (Wildman–Crippen MR) is 64.7 cm³/mol. The number of halogens is 1. The first-order chi connectivity index (χ1) is 7.10. The Kier molecular flexibility index (Phi) is 3.14. The Morgan fingerprint density at radius 2 is 2.07 bits per heavy atom. The van der Waals surface area contributed by atoms with E-state index in [1.807, 2.05) is 12.1 Å². The van der Waals surface area contributed by atoms with Crippen molar-refractivity contribution in [3.8, 4) is 0 Å². The summed E-state index contributed by atoms with van der Waals surface area (Å²) in [5, 5.41) is 13.2. The van der Waals surface area contributed by atoms with Crippen LogP contribution in [0.4, 0.5) is 0 Å². The van der Waals surface area contributed by atoms with Crippen LogP contribution in [-0.2, 0) is 5.54 Å². The molecule has 1 aromatic carbocycles. The van der Waals surface area contributed by atoms with Crippen LogP contribution in [0.2, 0.25) is 0 Å². The van der Waals surface area contributed by atoms with Gasteiger partial charge in [-0.15, -0.1) is 0 Å². The highest BCUT2D eigenvalue weighted by molar-refractivity contribution is 9.10. The summed E-state index contributed by atoms with van der Waals surface area (Å²) >= 11 is 3.43. The lowest BCUT2D eigenvalue weighted by atomic mass is 9.83. The lowest BCUT2D eigenvalue weighted by Crippen LogP contribution is -2.47. The van der Waals surface area contributed by atoms with Crippen molar-refractivity contribution in [2.45, 2.75) is 31.4 Å². The fourth-order valence-electron chi connectivity index (χ4n) is 2.20. The summed E-state index contributed by atoms with van der Waals surface area (Å²) < 4.78 is 1.09. The van der Waals surface area contributed by atoms with Crippen molar-refractivity contribution in [2.75, 3.05) is 6.54 Å². The zero-order chi connectivity index (χ0) is 10.9. The molecule has 1 aromatic rings. The minimum Gasteiger partial charge on any atom is -0.393 e. The van der Waals surface area contributed by atoms with Crippen LogP contribution >= 0.6 is 15.9 Å². The topological polar surface area (TPSA) is 32.3 Å². The van der Waals surface area contributed by atoms with Gasteiger partial charge < -0.3 is 10.4 Å². The third-order valence-electron chi connectivity index (χ3n) is 3.12. The van der Waals surface area contributed by atoms with Gasteiger partial charge in [0.15, 0.2) is 0 Å². The van der Waals surface area contributed by atoms with E-state index in [4.69, 9.17) is 0 Å². The molecule has 0 spiro atoms. The number of rotatable bonds is 1. The Bertz CT molecular complexity index is 338. The van der Waals surface area contributed by atoms with Gasteiger partial charge in [-0.05, 0) is 44.0 Å². The first kappa shape index (κ1) is 11.1. The average molecular weight is 270 g/mol. The number of hydrogen-bond acceptors (Lipinski definition) is 2. The van der Waals surface area contributed by atoms with Crippen LogP contribution in [0, 0.1) is 0 Å². The molecule has 2 atom stereocenters. The Morgan fingerprint density at radius 3 is 2.67 bits per heavy atom. The maximum atomic E-state index is 9.71. The van der Waals surface area contributed by atoms with E-state index in [2.05, 4.69) is 40.3 Å². The Hall–Kier alpha value is -0.380. The minimum absolute atomic E-state index is 0.0850. The molecule has 0 bridgehead atoms. The van der Waals surface area contributed by atoms with Crippen molar-refractivity contribution in [3.05, 3.63) is 34.3 Å². The van der Waals surface area contributed by atoms with Crippen LogP contribution in [-0.4, -0.2) is 17.8 Å². The SMILES string of the molecule is CC1(c2ccc(Br)cc2)CC(O)CCN1. The first-order valence-corrected chi connectivity index (χ1v) is 6.09. The van der Waals surface area contributed by atoms with Crippen molar-refractivity contribution in [1.29, 1.82) is 0 Å². The van der Waals surface area contributed by atoms with Gasteiger partial charge in [-0.1, -0.05) is 28.1 Å². The van der Waals surface area contributed by atoms with Gasteiger partial charge >= 0.3 is 0 Å². The molecule has 2 nitrogen and oxygen atoms in total. The highest BCUT2D eigenvalue weighted by Gasteiger charge is 2.32. The van der Waals surface area contributed by atoms with E-state index in [0.717, 1.165) is 23.9 Å². The Morgan fingerprint density at radius 1 is 1.40 bits per heavy atom. The van der Waals surface area contributed by atoms with Crippen LogP contribution in [0.15, 0.2) is 28.7 Å². The van der Waals surface area contributed by atoms with Crippen molar-refractivity contribution in [2.24, 2.45) is 0 Å². The van der Waals surface area contributed by atoms with E-state index in [-0.39, 0.29) is 11.6 Å². The number of benzene rings is 1. The summed E-state index contributed by atoms with van der Waals surface area (Å²) in [6.07, 6.45) is 1.46. The average Bonchev–Trinajstić information content (AvgIpc) is 2.18. The van der Waals surface area contributed by atoms with Gasteiger partial charge in [-0.2, -0.15) is 0 Å². The third-order valence-corrected chi connectivity index (χ3v) is 3.65. The molecule has 1 aliphatic heterocycles. The lowest BCUT2D eigenvalue weighted by molar-refractivity contribution is 0.0835. The number of nitrogens with one attached hydrogen (secondary N) is 1. The standard InChI is InChI=1S/C12H16BrNO/c1-12(8-11(15)6-7-14-12)9-2-4-10(13)5-3-9/h2-5,11,14-15H,6-8H2,1H3. The number of aliphatic hydroxyl groups is 1. The van der Waals surface area contributed by atoms with Crippen LogP contribution in [0.1, 0.15) is 25.3 Å². The van der Waals surface area contributed by atoms with E-state index in [0.29, 0.717) is 0 Å². The van der Waals surface area contributed by atoms with Crippen LogP contribution in [0.3, 0.4) is 0 Å². The van der Waals surface area contributed by atoms with Crippen molar-refractivity contribution in [1.82, 2.24) is 5.32 Å². The monoisotopic (exact) mass is 269 g/mol. The van der Waals surface area contributed by atoms with Gasteiger partial charge in [0, 0.05) is 10.0 Å².